The van der Waals surface area contributed by atoms with Crippen molar-refractivity contribution in [1.82, 2.24) is 10.2 Å². The van der Waals surface area contributed by atoms with E-state index in [1.165, 1.54) is 42.5 Å². The van der Waals surface area contributed by atoms with Crippen molar-refractivity contribution in [1.29, 1.82) is 0 Å². The summed E-state index contributed by atoms with van der Waals surface area (Å²) in [7, 11) is 0. The van der Waals surface area contributed by atoms with Crippen LogP contribution in [0.3, 0.4) is 0 Å². The highest BCUT2D eigenvalue weighted by Gasteiger charge is 2.34. The number of hydrogen-bond donors (Lipinski definition) is 1. The third kappa shape index (κ3) is 2.63. The molecule has 3 aliphatic heterocycles. The van der Waals surface area contributed by atoms with Gasteiger partial charge in [-0.2, -0.15) is 0 Å². The number of rotatable bonds is 3. The van der Waals surface area contributed by atoms with Gasteiger partial charge in [-0.15, -0.1) is 0 Å². The molecule has 1 aromatic carbocycles. The Morgan fingerprint density at radius 1 is 1.33 bits per heavy atom. The van der Waals surface area contributed by atoms with Crippen molar-refractivity contribution in [3.05, 3.63) is 34.3 Å². The van der Waals surface area contributed by atoms with E-state index in [0.29, 0.717) is 12.1 Å². The predicted octanol–water partition coefficient (Wildman–Crippen LogP) is 3.19. The Morgan fingerprint density at radius 3 is 2.72 bits per heavy atom. The lowest BCUT2D eigenvalue weighted by Crippen LogP contribution is -2.56. The quantitative estimate of drug-likeness (QED) is 0.922. The van der Waals surface area contributed by atoms with Crippen molar-refractivity contribution in [3.63, 3.8) is 0 Å². The molecule has 0 saturated carbocycles. The van der Waals surface area contributed by atoms with E-state index in [9.17, 15) is 0 Å². The molecule has 2 bridgehead atoms. The number of halogens is 1. The number of piperidine rings is 3. The minimum absolute atomic E-state index is 0.438. The van der Waals surface area contributed by atoms with Crippen molar-refractivity contribution in [2.24, 2.45) is 5.92 Å². The van der Waals surface area contributed by atoms with Crippen LogP contribution >= 0.6 is 15.9 Å². The number of nitrogens with one attached hydrogen (secondary N) is 1. The van der Waals surface area contributed by atoms with E-state index >= 15 is 0 Å². The third-order valence-corrected chi connectivity index (χ3v) is 4.96. The largest absolute Gasteiger partial charge is 0.306 e. The van der Waals surface area contributed by atoms with Crippen molar-refractivity contribution < 1.29 is 0 Å². The second-order valence-corrected chi connectivity index (χ2v) is 6.60. The highest BCUT2D eigenvalue weighted by atomic mass is 79.9. The molecule has 0 aromatic heterocycles. The van der Waals surface area contributed by atoms with Crippen molar-refractivity contribution in [3.8, 4) is 0 Å². The van der Waals surface area contributed by atoms with Gasteiger partial charge in [-0.3, -0.25) is 0 Å². The summed E-state index contributed by atoms with van der Waals surface area (Å²) in [4.78, 5) is 2.60. The molecule has 1 N–H and O–H groups in total. The Morgan fingerprint density at radius 2 is 2.11 bits per heavy atom. The molecule has 1 aromatic rings. The fourth-order valence-corrected chi connectivity index (χ4v) is 3.76. The molecule has 3 aliphatic rings. The summed E-state index contributed by atoms with van der Waals surface area (Å²) in [5.74, 6) is 0.893. The van der Waals surface area contributed by atoms with Crippen molar-refractivity contribution >= 4 is 15.9 Å². The second kappa shape index (κ2) is 5.32. The topological polar surface area (TPSA) is 15.3 Å². The SMILES string of the molecule is C[C@H](NC1CN2CCC1CC2)c1cccc(Br)c1. The van der Waals surface area contributed by atoms with Crippen LogP contribution in [0.15, 0.2) is 28.7 Å². The van der Waals surface area contributed by atoms with E-state index in [0.717, 1.165) is 5.92 Å². The van der Waals surface area contributed by atoms with Gasteiger partial charge in [-0.25, -0.2) is 0 Å². The molecule has 1 unspecified atom stereocenters. The van der Waals surface area contributed by atoms with E-state index in [2.05, 4.69) is 57.3 Å². The van der Waals surface area contributed by atoms with Crippen molar-refractivity contribution in [2.75, 3.05) is 19.6 Å². The first-order valence-corrected chi connectivity index (χ1v) is 7.75. The summed E-state index contributed by atoms with van der Waals surface area (Å²) in [5.41, 5.74) is 1.38. The van der Waals surface area contributed by atoms with Crippen LogP contribution < -0.4 is 5.32 Å². The number of benzene rings is 1. The fourth-order valence-electron chi connectivity index (χ4n) is 3.35. The molecular weight excluding hydrogens is 288 g/mol. The van der Waals surface area contributed by atoms with Crippen LogP contribution in [-0.4, -0.2) is 30.6 Å². The minimum atomic E-state index is 0.438. The van der Waals surface area contributed by atoms with E-state index in [1.807, 2.05) is 0 Å². The van der Waals surface area contributed by atoms with Crippen LogP contribution in [0.25, 0.3) is 0 Å². The molecule has 0 radical (unpaired) electrons. The Labute approximate surface area is 118 Å². The average molecular weight is 309 g/mol. The van der Waals surface area contributed by atoms with Gasteiger partial charge >= 0.3 is 0 Å². The molecule has 2 nitrogen and oxygen atoms in total. The number of nitrogens with zero attached hydrogens (tertiary/aromatic N) is 1. The van der Waals surface area contributed by atoms with E-state index in [-0.39, 0.29) is 0 Å². The lowest BCUT2D eigenvalue weighted by molar-refractivity contribution is 0.0680. The van der Waals surface area contributed by atoms with Gasteiger partial charge in [0.2, 0.25) is 0 Å². The molecule has 3 heteroatoms. The smallest absolute Gasteiger partial charge is 0.0295 e. The first-order chi connectivity index (χ1) is 8.72. The van der Waals surface area contributed by atoms with E-state index in [4.69, 9.17) is 0 Å². The monoisotopic (exact) mass is 308 g/mol. The first-order valence-electron chi connectivity index (χ1n) is 6.96. The van der Waals surface area contributed by atoms with Crippen LogP contribution in [0.5, 0.6) is 0 Å². The summed E-state index contributed by atoms with van der Waals surface area (Å²) in [6.45, 7) is 6.14. The summed E-state index contributed by atoms with van der Waals surface area (Å²) >= 11 is 3.55. The standard InChI is InChI=1S/C15H21BrN2/c1-11(13-3-2-4-14(16)9-13)17-15-10-18-7-5-12(15)6-8-18/h2-4,9,11-12,15,17H,5-8,10H2,1H3/t11-,15?/m0/s1. The maximum atomic E-state index is 3.83. The molecular formula is C15H21BrN2. The summed E-state index contributed by atoms with van der Waals surface area (Å²) in [6.07, 6.45) is 2.76. The fraction of sp³-hybridized carbons (Fsp3) is 0.600. The zero-order valence-corrected chi connectivity index (χ0v) is 12.5. The van der Waals surface area contributed by atoms with Crippen LogP contribution in [-0.2, 0) is 0 Å². The summed E-state index contributed by atoms with van der Waals surface area (Å²) in [6, 6.07) is 9.76. The Balaban J connectivity index is 1.66. The van der Waals surface area contributed by atoms with E-state index < -0.39 is 0 Å². The molecule has 4 rings (SSSR count). The highest BCUT2D eigenvalue weighted by molar-refractivity contribution is 9.10. The van der Waals surface area contributed by atoms with Gasteiger partial charge in [0.25, 0.3) is 0 Å². The van der Waals surface area contributed by atoms with Gasteiger partial charge in [0.1, 0.15) is 0 Å². The van der Waals surface area contributed by atoms with Gasteiger partial charge in [-0.05, 0) is 56.5 Å². The van der Waals surface area contributed by atoms with Crippen LogP contribution in [0.1, 0.15) is 31.4 Å². The number of fused-ring (bicyclic) bond motifs is 3. The molecule has 0 spiro atoms. The molecule has 3 saturated heterocycles. The minimum Gasteiger partial charge on any atom is -0.306 e. The molecule has 2 atom stereocenters. The molecule has 0 amide bonds. The zero-order chi connectivity index (χ0) is 12.5. The Bertz CT molecular complexity index is 413. The summed E-state index contributed by atoms with van der Waals surface area (Å²) < 4.78 is 1.17. The van der Waals surface area contributed by atoms with Crippen LogP contribution in [0.4, 0.5) is 0 Å². The Hall–Kier alpha value is -0.380. The summed E-state index contributed by atoms with van der Waals surface area (Å²) in [5, 5.41) is 3.83. The van der Waals surface area contributed by atoms with Crippen LogP contribution in [0.2, 0.25) is 0 Å². The van der Waals surface area contributed by atoms with Gasteiger partial charge < -0.3 is 10.2 Å². The average Bonchev–Trinajstić information content (AvgIpc) is 2.40. The van der Waals surface area contributed by atoms with E-state index in [1.54, 1.807) is 0 Å². The zero-order valence-electron chi connectivity index (χ0n) is 10.9. The van der Waals surface area contributed by atoms with Gasteiger partial charge in [0.05, 0.1) is 0 Å². The second-order valence-electron chi connectivity index (χ2n) is 5.69. The van der Waals surface area contributed by atoms with Gasteiger partial charge in [0, 0.05) is 23.1 Å². The molecule has 3 fully saturated rings. The first kappa shape index (κ1) is 12.6. The number of hydrogen-bond acceptors (Lipinski definition) is 2. The molecule has 0 aliphatic carbocycles. The van der Waals surface area contributed by atoms with Gasteiger partial charge in [-0.1, -0.05) is 28.1 Å². The molecule has 18 heavy (non-hydrogen) atoms. The van der Waals surface area contributed by atoms with Gasteiger partial charge in [0.15, 0.2) is 0 Å². The molecule has 3 heterocycles. The molecule has 98 valence electrons. The van der Waals surface area contributed by atoms with Crippen LogP contribution in [0, 0.1) is 5.92 Å². The lowest BCUT2D eigenvalue weighted by atomic mass is 9.83. The third-order valence-electron chi connectivity index (χ3n) is 4.47. The normalized spacial score (nSPS) is 32.4. The predicted molar refractivity (Wildman–Crippen MR) is 78.6 cm³/mol. The maximum absolute atomic E-state index is 3.83. The lowest BCUT2D eigenvalue weighted by Gasteiger charge is -2.46. The Kier molecular flexibility index (Phi) is 3.73. The maximum Gasteiger partial charge on any atom is 0.0295 e. The highest BCUT2D eigenvalue weighted by Crippen LogP contribution is 2.29. The van der Waals surface area contributed by atoms with Crippen molar-refractivity contribution in [2.45, 2.75) is 31.8 Å².